The number of morpholine rings is 1. The summed E-state index contributed by atoms with van der Waals surface area (Å²) in [5, 5.41) is 18.3. The van der Waals surface area contributed by atoms with E-state index in [2.05, 4.69) is 0 Å². The highest BCUT2D eigenvalue weighted by molar-refractivity contribution is 5.66. The lowest BCUT2D eigenvalue weighted by Gasteiger charge is -2.40. The summed E-state index contributed by atoms with van der Waals surface area (Å²) in [7, 11) is 0. The Labute approximate surface area is 131 Å². The molecule has 0 bridgehead atoms. The monoisotopic (exact) mass is 333 g/mol. The van der Waals surface area contributed by atoms with E-state index in [4.69, 9.17) is 9.84 Å². The molecule has 5 nitrogen and oxygen atoms in total. The number of aliphatic hydroxyl groups is 1. The molecule has 128 valence electrons. The number of amides is 1. The second-order valence-electron chi connectivity index (χ2n) is 5.41. The number of hydrogen-bond donors (Lipinski definition) is 2. The van der Waals surface area contributed by atoms with Crippen LogP contribution in [-0.2, 0) is 4.74 Å². The molecule has 2 atom stereocenters. The van der Waals surface area contributed by atoms with Crippen molar-refractivity contribution in [2.75, 3.05) is 19.8 Å². The molecule has 8 heteroatoms. The fraction of sp³-hybridized carbons (Fsp3) is 0.533. The zero-order valence-electron chi connectivity index (χ0n) is 12.3. The Morgan fingerprint density at radius 1 is 1.22 bits per heavy atom. The van der Waals surface area contributed by atoms with Crippen LogP contribution in [0.5, 0.6) is 0 Å². The van der Waals surface area contributed by atoms with E-state index >= 15 is 0 Å². The van der Waals surface area contributed by atoms with E-state index in [1.807, 2.05) is 0 Å². The van der Waals surface area contributed by atoms with Crippen LogP contribution in [0.25, 0.3) is 0 Å². The first-order chi connectivity index (χ1) is 11.0. The third-order valence-corrected chi connectivity index (χ3v) is 3.87. The molecule has 2 N–H and O–H groups in total. The van der Waals surface area contributed by atoms with E-state index in [0.717, 1.165) is 17.0 Å². The van der Waals surface area contributed by atoms with Crippen LogP contribution in [0.4, 0.5) is 18.0 Å². The minimum atomic E-state index is -1.59. The van der Waals surface area contributed by atoms with Crippen molar-refractivity contribution in [2.24, 2.45) is 0 Å². The van der Waals surface area contributed by atoms with Gasteiger partial charge in [0, 0.05) is 6.61 Å². The highest BCUT2D eigenvalue weighted by Gasteiger charge is 2.36. The Balaban J connectivity index is 2.26. The minimum absolute atomic E-state index is 0.00153. The van der Waals surface area contributed by atoms with E-state index in [9.17, 15) is 23.1 Å². The number of halogens is 3. The summed E-state index contributed by atoms with van der Waals surface area (Å²) in [5.74, 6) is -4.33. The van der Waals surface area contributed by atoms with Crippen molar-refractivity contribution < 1.29 is 32.9 Å². The van der Waals surface area contributed by atoms with Crippen LogP contribution in [0, 0.1) is 17.5 Å². The zero-order valence-corrected chi connectivity index (χ0v) is 12.3. The largest absolute Gasteiger partial charge is 0.465 e. The molecule has 1 amide bonds. The summed E-state index contributed by atoms with van der Waals surface area (Å²) in [5.41, 5.74) is 0.00987. The van der Waals surface area contributed by atoms with Crippen LogP contribution < -0.4 is 0 Å². The lowest BCUT2D eigenvalue weighted by atomic mass is 9.99. The minimum Gasteiger partial charge on any atom is -0.465 e. The van der Waals surface area contributed by atoms with Crippen LogP contribution in [0.2, 0.25) is 0 Å². The Morgan fingerprint density at radius 3 is 2.43 bits per heavy atom. The van der Waals surface area contributed by atoms with Gasteiger partial charge in [0.1, 0.15) is 0 Å². The van der Waals surface area contributed by atoms with Crippen LogP contribution in [0.15, 0.2) is 12.1 Å². The maximum Gasteiger partial charge on any atom is 0.408 e. The Kier molecular flexibility index (Phi) is 5.84. The summed E-state index contributed by atoms with van der Waals surface area (Å²) in [6, 6.07) is 0.177. The highest BCUT2D eigenvalue weighted by atomic mass is 19.2. The third-order valence-electron chi connectivity index (χ3n) is 3.87. The number of carbonyl (C=O) groups is 1. The van der Waals surface area contributed by atoms with Crippen LogP contribution in [0.1, 0.15) is 30.9 Å². The maximum absolute atomic E-state index is 13.4. The Hall–Kier alpha value is -1.80. The predicted octanol–water partition coefficient (Wildman–Crippen LogP) is 2.69. The van der Waals surface area contributed by atoms with Crippen molar-refractivity contribution in [3.05, 3.63) is 35.1 Å². The van der Waals surface area contributed by atoms with Gasteiger partial charge in [-0.1, -0.05) is 0 Å². The number of unbranched alkanes of at least 4 members (excludes halogenated alkanes) is 1. The molecule has 0 radical (unpaired) electrons. The maximum atomic E-state index is 13.4. The Bertz CT molecular complexity index is 547. The lowest BCUT2D eigenvalue weighted by Crippen LogP contribution is -2.50. The fourth-order valence-corrected chi connectivity index (χ4v) is 2.76. The van der Waals surface area contributed by atoms with Crippen molar-refractivity contribution >= 4 is 6.09 Å². The van der Waals surface area contributed by atoms with Gasteiger partial charge in [0.25, 0.3) is 0 Å². The highest BCUT2D eigenvalue weighted by Crippen LogP contribution is 2.31. The molecule has 1 aliphatic rings. The smallest absolute Gasteiger partial charge is 0.408 e. The number of rotatable bonds is 5. The number of benzene rings is 1. The van der Waals surface area contributed by atoms with Gasteiger partial charge in [0.2, 0.25) is 0 Å². The molecule has 1 aromatic carbocycles. The first kappa shape index (κ1) is 17.6. The molecule has 23 heavy (non-hydrogen) atoms. The average Bonchev–Trinajstić information content (AvgIpc) is 2.52. The lowest BCUT2D eigenvalue weighted by molar-refractivity contribution is -0.0420. The molecule has 1 saturated heterocycles. The topological polar surface area (TPSA) is 70.0 Å². The first-order valence-corrected chi connectivity index (χ1v) is 7.30. The molecule has 0 spiro atoms. The van der Waals surface area contributed by atoms with Crippen molar-refractivity contribution in [3.63, 3.8) is 0 Å². The molecule has 0 unspecified atom stereocenters. The number of aliphatic hydroxyl groups excluding tert-OH is 1. The van der Waals surface area contributed by atoms with Crippen molar-refractivity contribution in [3.8, 4) is 0 Å². The quantitative estimate of drug-likeness (QED) is 0.642. The predicted molar refractivity (Wildman–Crippen MR) is 74.5 cm³/mol. The first-order valence-electron chi connectivity index (χ1n) is 7.30. The Morgan fingerprint density at radius 2 is 1.87 bits per heavy atom. The molecule has 1 heterocycles. The van der Waals surface area contributed by atoms with Gasteiger partial charge < -0.3 is 14.9 Å². The molecule has 0 saturated carbocycles. The van der Waals surface area contributed by atoms with E-state index in [-0.39, 0.29) is 25.4 Å². The van der Waals surface area contributed by atoms with Crippen LogP contribution in [0.3, 0.4) is 0 Å². The average molecular weight is 333 g/mol. The van der Waals surface area contributed by atoms with Gasteiger partial charge in [0.15, 0.2) is 17.5 Å². The van der Waals surface area contributed by atoms with Gasteiger partial charge in [-0.3, -0.25) is 4.90 Å². The van der Waals surface area contributed by atoms with E-state index in [1.54, 1.807) is 0 Å². The van der Waals surface area contributed by atoms with Crippen molar-refractivity contribution in [1.82, 2.24) is 4.90 Å². The van der Waals surface area contributed by atoms with Crippen molar-refractivity contribution in [2.45, 2.75) is 31.3 Å². The summed E-state index contributed by atoms with van der Waals surface area (Å²) in [6.07, 6.45) is 0.328. The summed E-state index contributed by atoms with van der Waals surface area (Å²) in [6.45, 7) is 0.103. The number of carboxylic acid groups (broad SMARTS) is 1. The molecule has 0 aliphatic carbocycles. The van der Waals surface area contributed by atoms with Gasteiger partial charge in [-0.2, -0.15) is 0 Å². The van der Waals surface area contributed by atoms with E-state index in [0.29, 0.717) is 19.3 Å². The molecule has 0 aromatic heterocycles. The van der Waals surface area contributed by atoms with E-state index in [1.165, 1.54) is 0 Å². The summed E-state index contributed by atoms with van der Waals surface area (Å²) < 4.78 is 45.3. The number of nitrogens with zero attached hydrogens (tertiary/aromatic N) is 1. The molecular weight excluding hydrogens is 315 g/mol. The molecule has 1 fully saturated rings. The van der Waals surface area contributed by atoms with Gasteiger partial charge in [0.05, 0.1) is 25.3 Å². The van der Waals surface area contributed by atoms with Gasteiger partial charge in [-0.25, -0.2) is 18.0 Å². The van der Waals surface area contributed by atoms with Crippen LogP contribution >= 0.6 is 0 Å². The van der Waals surface area contributed by atoms with Gasteiger partial charge in [-0.05, 0) is 37.0 Å². The van der Waals surface area contributed by atoms with Gasteiger partial charge >= 0.3 is 6.09 Å². The molecule has 1 aromatic rings. The molecule has 2 rings (SSSR count). The standard InChI is InChI=1S/C15H18F3NO4/c16-11-5-9(6-12(17)14(11)18)13-8-23-7-10(3-1-2-4-20)19(13)15(21)22/h5-6,10,13,20H,1-4,7-8H2,(H,21,22)/t10-,13-/m0/s1. The second kappa shape index (κ2) is 7.65. The van der Waals surface area contributed by atoms with Crippen molar-refractivity contribution in [1.29, 1.82) is 0 Å². The fourth-order valence-electron chi connectivity index (χ4n) is 2.76. The van der Waals surface area contributed by atoms with Gasteiger partial charge in [-0.15, -0.1) is 0 Å². The number of ether oxygens (including phenoxy) is 1. The molecule has 1 aliphatic heterocycles. The summed E-state index contributed by atoms with van der Waals surface area (Å²) >= 11 is 0. The zero-order chi connectivity index (χ0) is 17.0. The van der Waals surface area contributed by atoms with E-state index < -0.39 is 35.6 Å². The summed E-state index contributed by atoms with van der Waals surface area (Å²) in [4.78, 5) is 12.7. The SMILES string of the molecule is O=C(O)N1[C@@H](CCCCO)COC[C@H]1c1cc(F)c(F)c(F)c1. The number of hydrogen-bond acceptors (Lipinski definition) is 3. The second-order valence-corrected chi connectivity index (χ2v) is 5.41. The normalized spacial score (nSPS) is 21.5. The third kappa shape index (κ3) is 3.94. The molecular formula is C15H18F3NO4. The van der Waals surface area contributed by atoms with Crippen LogP contribution in [-0.4, -0.2) is 47.1 Å².